The minimum Gasteiger partial charge on any atom is -0.399 e. The lowest BCUT2D eigenvalue weighted by molar-refractivity contribution is -0.179. The number of rotatable bonds is 1. The zero-order valence-corrected chi connectivity index (χ0v) is 10.5. The number of amidine groups is 1. The molecule has 1 aliphatic heterocycles. The molecule has 1 heterocycles. The first kappa shape index (κ1) is 13.7. The lowest BCUT2D eigenvalue weighted by Crippen LogP contribution is -2.40. The largest absolute Gasteiger partial charge is 0.399 e. The van der Waals surface area contributed by atoms with Crippen LogP contribution in [0.1, 0.15) is 25.3 Å². The second kappa shape index (κ2) is 4.43. The molecule has 2 atom stereocenters. The zero-order chi connectivity index (χ0) is 14.3. The van der Waals surface area contributed by atoms with E-state index in [1.807, 2.05) is 0 Å². The first-order valence-corrected chi connectivity index (χ1v) is 5.98. The molecular formula is C13H16F3N3. The molecule has 2 rings (SSSR count). The van der Waals surface area contributed by atoms with Crippen LogP contribution in [0.2, 0.25) is 0 Å². The van der Waals surface area contributed by atoms with Crippen LogP contribution in [-0.2, 0) is 5.54 Å². The molecule has 1 aromatic rings. The first-order valence-electron chi connectivity index (χ1n) is 5.98. The van der Waals surface area contributed by atoms with Gasteiger partial charge in [0, 0.05) is 12.1 Å². The second-order valence-electron chi connectivity index (χ2n) is 5.15. The molecule has 0 fully saturated rings. The van der Waals surface area contributed by atoms with Crippen molar-refractivity contribution in [3.05, 3.63) is 29.8 Å². The molecule has 2 unspecified atom stereocenters. The van der Waals surface area contributed by atoms with Gasteiger partial charge in [0.05, 0.1) is 17.3 Å². The van der Waals surface area contributed by atoms with Crippen LogP contribution in [0.15, 0.2) is 29.3 Å². The van der Waals surface area contributed by atoms with Crippen molar-refractivity contribution in [3.63, 3.8) is 0 Å². The summed E-state index contributed by atoms with van der Waals surface area (Å²) in [5.74, 6) is -1.42. The van der Waals surface area contributed by atoms with Gasteiger partial charge in [0.2, 0.25) is 0 Å². The number of hydrogen-bond acceptors (Lipinski definition) is 3. The predicted molar refractivity (Wildman–Crippen MR) is 68.6 cm³/mol. The summed E-state index contributed by atoms with van der Waals surface area (Å²) in [4.78, 5) is 4.23. The van der Waals surface area contributed by atoms with Gasteiger partial charge in [0.25, 0.3) is 0 Å². The molecule has 1 aliphatic rings. The van der Waals surface area contributed by atoms with Gasteiger partial charge in [-0.2, -0.15) is 13.2 Å². The van der Waals surface area contributed by atoms with Crippen LogP contribution in [-0.4, -0.2) is 12.0 Å². The van der Waals surface area contributed by atoms with Crippen molar-refractivity contribution in [2.45, 2.75) is 31.5 Å². The third kappa shape index (κ3) is 2.83. The molecule has 6 heteroatoms. The van der Waals surface area contributed by atoms with Gasteiger partial charge in [-0.1, -0.05) is 12.1 Å². The highest BCUT2D eigenvalue weighted by molar-refractivity contribution is 5.82. The number of alkyl halides is 3. The standard InChI is InChI=1S/C13H16F3N3/c1-12(8-3-2-4-10(17)5-8)7-9(13(14,15)16)6-11(18)19-12/h2-5,9H,6-7,17H2,1H3,(H2,18,19). The number of halogens is 3. The second-order valence-corrected chi connectivity index (χ2v) is 5.15. The molecule has 0 saturated heterocycles. The predicted octanol–water partition coefficient (Wildman–Crippen LogP) is 2.81. The van der Waals surface area contributed by atoms with E-state index < -0.39 is 17.6 Å². The van der Waals surface area contributed by atoms with Crippen LogP contribution in [0.3, 0.4) is 0 Å². The van der Waals surface area contributed by atoms with E-state index in [9.17, 15) is 13.2 Å². The summed E-state index contributed by atoms with van der Waals surface area (Å²) >= 11 is 0. The summed E-state index contributed by atoms with van der Waals surface area (Å²) in [6, 6.07) is 6.77. The van der Waals surface area contributed by atoms with Crippen molar-refractivity contribution in [3.8, 4) is 0 Å². The zero-order valence-electron chi connectivity index (χ0n) is 10.5. The van der Waals surface area contributed by atoms with Crippen molar-refractivity contribution < 1.29 is 13.2 Å². The van der Waals surface area contributed by atoms with E-state index in [1.54, 1.807) is 31.2 Å². The lowest BCUT2D eigenvalue weighted by atomic mass is 9.79. The van der Waals surface area contributed by atoms with E-state index in [0.717, 1.165) is 0 Å². The van der Waals surface area contributed by atoms with Gasteiger partial charge in [-0.05, 0) is 31.0 Å². The minimum absolute atomic E-state index is 0.0403. The minimum atomic E-state index is -4.26. The van der Waals surface area contributed by atoms with Crippen molar-refractivity contribution in [2.24, 2.45) is 16.6 Å². The fourth-order valence-corrected chi connectivity index (χ4v) is 2.50. The van der Waals surface area contributed by atoms with E-state index in [4.69, 9.17) is 11.5 Å². The van der Waals surface area contributed by atoms with Crippen molar-refractivity contribution in [1.29, 1.82) is 0 Å². The van der Waals surface area contributed by atoms with Crippen LogP contribution < -0.4 is 11.5 Å². The molecule has 0 spiro atoms. The maximum absolute atomic E-state index is 12.9. The SMILES string of the molecule is CC1(c2cccc(N)c2)CC(C(F)(F)F)CC(N)=N1. The monoisotopic (exact) mass is 271 g/mol. The third-order valence-corrected chi connectivity index (χ3v) is 3.46. The third-order valence-electron chi connectivity index (χ3n) is 3.46. The topological polar surface area (TPSA) is 64.4 Å². The molecule has 19 heavy (non-hydrogen) atoms. The quantitative estimate of drug-likeness (QED) is 0.771. The van der Waals surface area contributed by atoms with Crippen LogP contribution in [0.4, 0.5) is 18.9 Å². The molecular weight excluding hydrogens is 255 g/mol. The van der Waals surface area contributed by atoms with Gasteiger partial charge in [0.1, 0.15) is 0 Å². The lowest BCUT2D eigenvalue weighted by Gasteiger charge is -2.36. The summed E-state index contributed by atoms with van der Waals surface area (Å²) in [6.45, 7) is 1.66. The average molecular weight is 271 g/mol. The Morgan fingerprint density at radius 1 is 1.32 bits per heavy atom. The van der Waals surface area contributed by atoms with Crippen molar-refractivity contribution in [2.75, 3.05) is 5.73 Å². The normalized spacial score (nSPS) is 28.0. The molecule has 0 aliphatic carbocycles. The fourth-order valence-electron chi connectivity index (χ4n) is 2.50. The summed E-state index contributed by atoms with van der Waals surface area (Å²) < 4.78 is 38.8. The highest BCUT2D eigenvalue weighted by atomic mass is 19.4. The molecule has 3 nitrogen and oxygen atoms in total. The Kier molecular flexibility index (Phi) is 3.20. The Morgan fingerprint density at radius 3 is 2.58 bits per heavy atom. The van der Waals surface area contributed by atoms with Gasteiger partial charge < -0.3 is 11.5 Å². The first-order chi connectivity index (χ1) is 8.71. The van der Waals surface area contributed by atoms with Gasteiger partial charge >= 0.3 is 6.18 Å². The van der Waals surface area contributed by atoms with Crippen LogP contribution >= 0.6 is 0 Å². The van der Waals surface area contributed by atoms with Crippen molar-refractivity contribution in [1.82, 2.24) is 0 Å². The highest BCUT2D eigenvalue weighted by Crippen LogP contribution is 2.43. The van der Waals surface area contributed by atoms with E-state index in [2.05, 4.69) is 4.99 Å². The van der Waals surface area contributed by atoms with Gasteiger partial charge in [0.15, 0.2) is 0 Å². The summed E-state index contributed by atoms with van der Waals surface area (Å²) in [7, 11) is 0. The van der Waals surface area contributed by atoms with E-state index in [0.29, 0.717) is 11.3 Å². The number of hydrogen-bond donors (Lipinski definition) is 2. The number of nitrogen functional groups attached to an aromatic ring is 1. The van der Waals surface area contributed by atoms with Crippen LogP contribution in [0, 0.1) is 5.92 Å². The Balaban J connectivity index is 2.40. The number of nitrogens with two attached hydrogens (primary N) is 2. The number of benzene rings is 1. The maximum atomic E-state index is 12.9. The molecule has 0 radical (unpaired) electrons. The van der Waals surface area contributed by atoms with E-state index >= 15 is 0 Å². The van der Waals surface area contributed by atoms with Gasteiger partial charge in [-0.15, -0.1) is 0 Å². The molecule has 4 N–H and O–H groups in total. The Labute approximate surface area is 109 Å². The molecule has 1 aromatic carbocycles. The number of aliphatic imine (C=N–C) groups is 1. The Morgan fingerprint density at radius 2 is 2.00 bits per heavy atom. The van der Waals surface area contributed by atoms with E-state index in [1.165, 1.54) is 0 Å². The van der Waals surface area contributed by atoms with Gasteiger partial charge in [-0.25, -0.2) is 0 Å². The van der Waals surface area contributed by atoms with Crippen LogP contribution in [0.25, 0.3) is 0 Å². The fraction of sp³-hybridized carbons (Fsp3) is 0.462. The number of nitrogens with zero attached hydrogens (tertiary/aromatic N) is 1. The molecule has 0 aromatic heterocycles. The summed E-state index contributed by atoms with van der Waals surface area (Å²) in [5, 5.41) is 0. The van der Waals surface area contributed by atoms with E-state index in [-0.39, 0.29) is 18.7 Å². The molecule has 0 amide bonds. The summed E-state index contributed by atoms with van der Waals surface area (Å²) in [6.07, 6.45) is -4.61. The Hall–Kier alpha value is -1.72. The number of anilines is 1. The van der Waals surface area contributed by atoms with Crippen LogP contribution in [0.5, 0.6) is 0 Å². The molecule has 0 bridgehead atoms. The van der Waals surface area contributed by atoms with Gasteiger partial charge in [-0.3, -0.25) is 4.99 Å². The highest BCUT2D eigenvalue weighted by Gasteiger charge is 2.47. The Bertz CT molecular complexity index is 510. The maximum Gasteiger partial charge on any atom is 0.392 e. The van der Waals surface area contributed by atoms with Crippen molar-refractivity contribution >= 4 is 11.5 Å². The molecule has 104 valence electrons. The summed E-state index contributed by atoms with van der Waals surface area (Å²) in [5.41, 5.74) is 11.5. The smallest absolute Gasteiger partial charge is 0.392 e. The average Bonchev–Trinajstić information content (AvgIpc) is 2.26. The molecule has 0 saturated carbocycles.